The maximum Gasteiger partial charge on any atom is 0.337 e. The van der Waals surface area contributed by atoms with Gasteiger partial charge in [0.15, 0.2) is 0 Å². The highest BCUT2D eigenvalue weighted by molar-refractivity contribution is 6.08. The lowest BCUT2D eigenvalue weighted by Gasteiger charge is -2.15. The van der Waals surface area contributed by atoms with Crippen LogP contribution in [0.4, 0.5) is 11.4 Å². The maximum atomic E-state index is 12.5. The second kappa shape index (κ2) is 7.54. The van der Waals surface area contributed by atoms with Gasteiger partial charge < -0.3 is 30.7 Å². The Balaban J connectivity index is 1.87. The lowest BCUT2D eigenvalue weighted by molar-refractivity contribution is -0.136. The summed E-state index contributed by atoms with van der Waals surface area (Å²) in [6, 6.07) is 5.76. The van der Waals surface area contributed by atoms with Gasteiger partial charge in [-0.3, -0.25) is 4.79 Å². The first-order chi connectivity index (χ1) is 12.1. The van der Waals surface area contributed by atoms with Crippen LogP contribution in [-0.2, 0) is 20.9 Å². The summed E-state index contributed by atoms with van der Waals surface area (Å²) < 4.78 is 4.79. The Labute approximate surface area is 145 Å². The molecule has 134 valence electrons. The van der Waals surface area contributed by atoms with Gasteiger partial charge in [-0.05, 0) is 23.8 Å². The van der Waals surface area contributed by atoms with Crippen LogP contribution in [0.5, 0.6) is 0 Å². The molecule has 0 saturated heterocycles. The van der Waals surface area contributed by atoms with Gasteiger partial charge in [-0.15, -0.1) is 0 Å². The number of methoxy groups -OCH3 is 1. The number of aliphatic hydroxyl groups is 1. The quantitative estimate of drug-likeness (QED) is 0.551. The zero-order valence-electron chi connectivity index (χ0n) is 14.1. The Morgan fingerprint density at radius 1 is 1.40 bits per heavy atom. The van der Waals surface area contributed by atoms with E-state index in [-0.39, 0.29) is 36.9 Å². The number of carbonyl (C=O) groups is 2. The summed E-state index contributed by atoms with van der Waals surface area (Å²) >= 11 is 0. The molecule has 4 N–H and O–H groups in total. The first kappa shape index (κ1) is 17.2. The van der Waals surface area contributed by atoms with Gasteiger partial charge in [0, 0.05) is 37.6 Å². The molecule has 2 aliphatic rings. The smallest absolute Gasteiger partial charge is 0.337 e. The van der Waals surface area contributed by atoms with E-state index in [2.05, 4.69) is 16.0 Å². The molecule has 0 bridgehead atoms. The molecule has 25 heavy (non-hydrogen) atoms. The molecule has 8 heteroatoms. The number of hydrogen-bond acceptors (Lipinski definition) is 7. The molecule has 0 aliphatic carbocycles. The lowest BCUT2D eigenvalue weighted by atomic mass is 10.1. The fraction of sp³-hybridized carbons (Fsp3) is 0.412. The van der Waals surface area contributed by atoms with E-state index in [0.717, 1.165) is 36.6 Å². The van der Waals surface area contributed by atoms with Gasteiger partial charge in [-0.2, -0.15) is 0 Å². The van der Waals surface area contributed by atoms with E-state index in [1.807, 2.05) is 18.2 Å². The second-order valence-electron chi connectivity index (χ2n) is 5.90. The van der Waals surface area contributed by atoms with Crippen LogP contribution in [0.3, 0.4) is 0 Å². The van der Waals surface area contributed by atoms with Crippen molar-refractivity contribution in [1.29, 1.82) is 0 Å². The number of rotatable bonds is 5. The summed E-state index contributed by atoms with van der Waals surface area (Å²) in [6.45, 7) is 2.59. The highest BCUT2D eigenvalue weighted by Crippen LogP contribution is 2.26. The average Bonchev–Trinajstić information content (AvgIpc) is 2.79. The van der Waals surface area contributed by atoms with Gasteiger partial charge in [0.25, 0.3) is 5.91 Å². The topological polar surface area (TPSA) is 103 Å². The van der Waals surface area contributed by atoms with Crippen LogP contribution >= 0.6 is 0 Å². The average molecular weight is 346 g/mol. The number of β-amino-alcohol motifs (C(OH)–C–C–N with tert-alkyl or cyclic N) is 1. The third-order valence-corrected chi connectivity index (χ3v) is 4.26. The van der Waals surface area contributed by atoms with Crippen LogP contribution in [0.25, 0.3) is 0 Å². The number of esters is 1. The number of hydrogen-bond donors (Lipinski definition) is 4. The molecule has 3 rings (SSSR count). The molecule has 0 saturated carbocycles. The molecular formula is C17H22N4O4. The minimum absolute atomic E-state index is 0.127. The lowest BCUT2D eigenvalue weighted by Crippen LogP contribution is -2.31. The molecular weight excluding hydrogens is 324 g/mol. The van der Waals surface area contributed by atoms with Crippen LogP contribution in [0.2, 0.25) is 0 Å². The van der Waals surface area contributed by atoms with Gasteiger partial charge in [0.05, 0.1) is 25.8 Å². The molecule has 1 aromatic carbocycles. The minimum atomic E-state index is -0.547. The van der Waals surface area contributed by atoms with Crippen LogP contribution < -0.4 is 16.0 Å². The van der Waals surface area contributed by atoms with E-state index in [0.29, 0.717) is 0 Å². The van der Waals surface area contributed by atoms with Crippen LogP contribution in [0, 0.1) is 0 Å². The number of carbonyl (C=O) groups excluding carboxylic acids is 2. The zero-order chi connectivity index (χ0) is 17.8. The van der Waals surface area contributed by atoms with Crippen LogP contribution in [0.1, 0.15) is 5.56 Å². The van der Waals surface area contributed by atoms with E-state index in [9.17, 15) is 9.59 Å². The van der Waals surface area contributed by atoms with Crippen molar-refractivity contribution in [1.82, 2.24) is 10.2 Å². The Kier molecular flexibility index (Phi) is 5.20. The van der Waals surface area contributed by atoms with Gasteiger partial charge in [-0.1, -0.05) is 0 Å². The summed E-state index contributed by atoms with van der Waals surface area (Å²) in [4.78, 5) is 26.0. The fourth-order valence-electron chi connectivity index (χ4n) is 2.99. The molecule has 2 heterocycles. The molecule has 0 fully saturated rings. The highest BCUT2D eigenvalue weighted by atomic mass is 16.5. The molecule has 2 aliphatic heterocycles. The predicted molar refractivity (Wildman–Crippen MR) is 93.0 cm³/mol. The van der Waals surface area contributed by atoms with Crippen molar-refractivity contribution in [2.24, 2.45) is 0 Å². The van der Waals surface area contributed by atoms with E-state index in [4.69, 9.17) is 9.84 Å². The number of anilines is 2. The predicted octanol–water partition coefficient (Wildman–Crippen LogP) is -0.125. The van der Waals surface area contributed by atoms with Crippen molar-refractivity contribution in [3.63, 3.8) is 0 Å². The number of nitrogens with zero attached hydrogens (tertiary/aromatic N) is 1. The third kappa shape index (κ3) is 3.59. The van der Waals surface area contributed by atoms with E-state index in [1.165, 1.54) is 12.0 Å². The van der Waals surface area contributed by atoms with E-state index < -0.39 is 5.97 Å². The SMILES string of the molecule is COC(=O)C1=C(Nc2ccc3c(c2)CNCCN3)C(=O)N(CCO)C1. The van der Waals surface area contributed by atoms with Crippen molar-refractivity contribution in [2.75, 3.05) is 50.5 Å². The molecule has 0 radical (unpaired) electrons. The van der Waals surface area contributed by atoms with Crippen molar-refractivity contribution in [2.45, 2.75) is 6.54 Å². The Hall–Kier alpha value is -2.58. The molecule has 1 aromatic rings. The standard InChI is InChI=1S/C17H22N4O4/c1-25-17(24)13-10-21(6-7-22)16(23)15(13)20-12-2-3-14-11(8-12)9-18-4-5-19-14/h2-3,8,18-20,22H,4-7,9-10H2,1H3. The third-order valence-electron chi connectivity index (χ3n) is 4.26. The molecule has 0 aromatic heterocycles. The van der Waals surface area contributed by atoms with Crippen molar-refractivity contribution >= 4 is 23.3 Å². The number of ether oxygens (including phenoxy) is 1. The van der Waals surface area contributed by atoms with Crippen molar-refractivity contribution in [3.05, 3.63) is 35.0 Å². The Morgan fingerprint density at radius 3 is 3.00 bits per heavy atom. The summed E-state index contributed by atoms with van der Waals surface area (Å²) in [5, 5.41) is 18.8. The van der Waals surface area contributed by atoms with Gasteiger partial charge >= 0.3 is 5.97 Å². The molecule has 8 nitrogen and oxygen atoms in total. The highest BCUT2D eigenvalue weighted by Gasteiger charge is 2.34. The first-order valence-electron chi connectivity index (χ1n) is 8.20. The van der Waals surface area contributed by atoms with Crippen LogP contribution in [-0.4, -0.2) is 61.8 Å². The normalized spacial score (nSPS) is 17.0. The number of benzene rings is 1. The van der Waals surface area contributed by atoms with E-state index >= 15 is 0 Å². The Bertz CT molecular complexity index is 717. The maximum absolute atomic E-state index is 12.5. The van der Waals surface area contributed by atoms with Gasteiger partial charge in [-0.25, -0.2) is 4.79 Å². The van der Waals surface area contributed by atoms with Gasteiger partial charge in [0.1, 0.15) is 5.70 Å². The number of fused-ring (bicyclic) bond motifs is 1. The summed E-state index contributed by atoms with van der Waals surface area (Å²) in [7, 11) is 1.28. The zero-order valence-corrected chi connectivity index (χ0v) is 14.1. The van der Waals surface area contributed by atoms with Crippen molar-refractivity contribution < 1.29 is 19.4 Å². The largest absolute Gasteiger partial charge is 0.466 e. The number of nitrogens with one attached hydrogen (secondary N) is 3. The second-order valence-corrected chi connectivity index (χ2v) is 5.90. The number of amides is 1. The number of aliphatic hydroxyl groups excluding tert-OH is 1. The summed E-state index contributed by atoms with van der Waals surface area (Å²) in [5.41, 5.74) is 3.33. The monoisotopic (exact) mass is 346 g/mol. The van der Waals surface area contributed by atoms with Gasteiger partial charge in [0.2, 0.25) is 0 Å². The van der Waals surface area contributed by atoms with Crippen LogP contribution in [0.15, 0.2) is 29.5 Å². The van der Waals surface area contributed by atoms with E-state index in [1.54, 1.807) is 0 Å². The molecule has 0 unspecified atom stereocenters. The Morgan fingerprint density at radius 2 is 2.24 bits per heavy atom. The fourth-order valence-corrected chi connectivity index (χ4v) is 2.99. The van der Waals surface area contributed by atoms with Crippen molar-refractivity contribution in [3.8, 4) is 0 Å². The minimum Gasteiger partial charge on any atom is -0.466 e. The molecule has 1 amide bonds. The summed E-state index contributed by atoms with van der Waals surface area (Å²) in [5.74, 6) is -0.866. The molecule has 0 spiro atoms. The first-order valence-corrected chi connectivity index (χ1v) is 8.20. The molecule has 0 atom stereocenters. The summed E-state index contributed by atoms with van der Waals surface area (Å²) in [6.07, 6.45) is 0.